The van der Waals surface area contributed by atoms with Crippen molar-refractivity contribution >= 4 is 34.5 Å². The summed E-state index contributed by atoms with van der Waals surface area (Å²) in [5.41, 5.74) is 7.55. The number of carbonyl (C=O) groups is 2. The van der Waals surface area contributed by atoms with E-state index in [2.05, 4.69) is 9.97 Å². The van der Waals surface area contributed by atoms with Gasteiger partial charge in [0, 0.05) is 5.56 Å². The van der Waals surface area contributed by atoms with Gasteiger partial charge in [0.1, 0.15) is 11.3 Å². The van der Waals surface area contributed by atoms with E-state index in [-0.39, 0.29) is 11.5 Å². The molecule has 0 saturated heterocycles. The Labute approximate surface area is 142 Å². The minimum Gasteiger partial charge on any atom is -0.497 e. The summed E-state index contributed by atoms with van der Waals surface area (Å²) < 4.78 is 5.07. The molecule has 1 amide bonds. The first kappa shape index (κ1) is 16.1. The molecule has 1 heterocycles. The van der Waals surface area contributed by atoms with Crippen molar-refractivity contribution < 1.29 is 14.3 Å². The van der Waals surface area contributed by atoms with Crippen LogP contribution in [0, 0.1) is 0 Å². The van der Waals surface area contributed by atoms with Gasteiger partial charge < -0.3 is 15.5 Å². The van der Waals surface area contributed by atoms with Crippen molar-refractivity contribution in [3.05, 3.63) is 53.6 Å². The highest BCUT2D eigenvalue weighted by atomic mass is 32.2. The summed E-state index contributed by atoms with van der Waals surface area (Å²) in [5, 5.41) is 0.570. The van der Waals surface area contributed by atoms with E-state index in [0.717, 1.165) is 0 Å². The first-order chi connectivity index (χ1) is 11.6. The zero-order chi connectivity index (χ0) is 17.1. The summed E-state index contributed by atoms with van der Waals surface area (Å²) >= 11 is 1.28. The molecule has 0 fully saturated rings. The van der Waals surface area contributed by atoms with Crippen molar-refractivity contribution in [1.29, 1.82) is 0 Å². The van der Waals surface area contributed by atoms with Crippen LogP contribution in [0.25, 0.3) is 11.0 Å². The molecule has 6 nitrogen and oxygen atoms in total. The largest absolute Gasteiger partial charge is 0.497 e. The van der Waals surface area contributed by atoms with E-state index in [0.29, 0.717) is 33.1 Å². The summed E-state index contributed by atoms with van der Waals surface area (Å²) in [4.78, 5) is 31.1. The molecule has 3 N–H and O–H groups in total. The zero-order valence-electron chi connectivity index (χ0n) is 12.9. The highest BCUT2D eigenvalue weighted by Gasteiger charge is 2.13. The molecule has 0 aliphatic carbocycles. The third kappa shape index (κ3) is 3.26. The number of primary amides is 1. The zero-order valence-corrected chi connectivity index (χ0v) is 13.7. The van der Waals surface area contributed by atoms with Gasteiger partial charge in [0.25, 0.3) is 5.91 Å². The van der Waals surface area contributed by atoms with Crippen LogP contribution in [-0.2, 0) is 0 Å². The molecule has 3 rings (SSSR count). The van der Waals surface area contributed by atoms with Crippen molar-refractivity contribution in [3.8, 4) is 5.75 Å². The molecular formula is C17H15N3O3S. The molecule has 0 atom stereocenters. The van der Waals surface area contributed by atoms with Gasteiger partial charge in [-0.25, -0.2) is 4.98 Å². The summed E-state index contributed by atoms with van der Waals surface area (Å²) in [6.07, 6.45) is 0. The van der Waals surface area contributed by atoms with Crippen LogP contribution >= 0.6 is 11.8 Å². The first-order valence-corrected chi connectivity index (χ1v) is 8.15. The molecule has 24 heavy (non-hydrogen) atoms. The number of benzene rings is 2. The fourth-order valence-electron chi connectivity index (χ4n) is 2.27. The Balaban J connectivity index is 1.74. The summed E-state index contributed by atoms with van der Waals surface area (Å²) in [6.45, 7) is 0. The number of aromatic amines is 1. The lowest BCUT2D eigenvalue weighted by atomic mass is 10.1. The average molecular weight is 341 g/mol. The van der Waals surface area contributed by atoms with Crippen LogP contribution in [0.4, 0.5) is 0 Å². The fourth-order valence-corrected chi connectivity index (χ4v) is 3.04. The van der Waals surface area contributed by atoms with E-state index in [9.17, 15) is 9.59 Å². The van der Waals surface area contributed by atoms with Gasteiger partial charge in [-0.2, -0.15) is 0 Å². The van der Waals surface area contributed by atoms with Crippen molar-refractivity contribution in [3.63, 3.8) is 0 Å². The number of thioether (sulfide) groups is 1. The van der Waals surface area contributed by atoms with E-state index in [1.165, 1.54) is 11.8 Å². The Bertz CT molecular complexity index is 903. The lowest BCUT2D eigenvalue weighted by molar-refractivity contribution is 0.0998. The molecule has 0 saturated carbocycles. The van der Waals surface area contributed by atoms with Gasteiger partial charge in [0.15, 0.2) is 10.9 Å². The highest BCUT2D eigenvalue weighted by molar-refractivity contribution is 7.99. The Morgan fingerprint density at radius 1 is 1.21 bits per heavy atom. The van der Waals surface area contributed by atoms with E-state index >= 15 is 0 Å². The molecule has 2 aromatic carbocycles. The fraction of sp³-hybridized carbons (Fsp3) is 0.118. The van der Waals surface area contributed by atoms with E-state index in [4.69, 9.17) is 10.5 Å². The van der Waals surface area contributed by atoms with Gasteiger partial charge >= 0.3 is 0 Å². The maximum absolute atomic E-state index is 12.2. The quantitative estimate of drug-likeness (QED) is 0.530. The number of ketones is 1. The lowest BCUT2D eigenvalue weighted by Gasteiger charge is -2.02. The average Bonchev–Trinajstić information content (AvgIpc) is 3.02. The summed E-state index contributed by atoms with van der Waals surface area (Å²) in [7, 11) is 1.58. The number of Topliss-reactive ketones (excluding diaryl/α,β-unsaturated/α-hetero) is 1. The van der Waals surface area contributed by atoms with Crippen molar-refractivity contribution in [2.75, 3.05) is 12.9 Å². The van der Waals surface area contributed by atoms with Crippen LogP contribution in [0.3, 0.4) is 0 Å². The number of amides is 1. The normalized spacial score (nSPS) is 10.7. The number of aromatic nitrogens is 2. The topological polar surface area (TPSA) is 98.1 Å². The number of imidazole rings is 1. The van der Waals surface area contributed by atoms with Gasteiger partial charge in [-0.1, -0.05) is 17.8 Å². The second-order valence-electron chi connectivity index (χ2n) is 5.05. The Kier molecular flexibility index (Phi) is 4.52. The summed E-state index contributed by atoms with van der Waals surface area (Å²) in [5.74, 6) is 0.393. The maximum atomic E-state index is 12.2. The van der Waals surface area contributed by atoms with Crippen LogP contribution in [0.2, 0.25) is 0 Å². The van der Waals surface area contributed by atoms with E-state index in [1.807, 2.05) is 6.07 Å². The monoisotopic (exact) mass is 341 g/mol. The molecule has 122 valence electrons. The number of hydrogen-bond acceptors (Lipinski definition) is 5. The number of rotatable bonds is 6. The molecule has 3 aromatic rings. The van der Waals surface area contributed by atoms with Crippen molar-refractivity contribution in [2.24, 2.45) is 5.73 Å². The number of methoxy groups -OCH3 is 1. The molecule has 0 radical (unpaired) electrons. The molecular weight excluding hydrogens is 326 g/mol. The smallest absolute Gasteiger partial charge is 0.250 e. The standard InChI is InChI=1S/C17H15N3O3S/c1-23-11-7-5-10(6-8-11)14(21)9-24-17-19-13-4-2-3-12(16(18)22)15(13)20-17/h2-8H,9H2,1H3,(H2,18,22)(H,19,20). The Hall–Kier alpha value is -2.80. The predicted molar refractivity (Wildman–Crippen MR) is 92.7 cm³/mol. The van der Waals surface area contributed by atoms with Crippen molar-refractivity contribution in [1.82, 2.24) is 9.97 Å². The highest BCUT2D eigenvalue weighted by Crippen LogP contribution is 2.23. The minimum atomic E-state index is -0.530. The molecule has 0 spiro atoms. The van der Waals surface area contributed by atoms with Crippen LogP contribution in [-0.4, -0.2) is 34.5 Å². The number of fused-ring (bicyclic) bond motifs is 1. The van der Waals surface area contributed by atoms with Gasteiger partial charge in [-0.15, -0.1) is 0 Å². The molecule has 0 aliphatic rings. The van der Waals surface area contributed by atoms with Crippen LogP contribution < -0.4 is 10.5 Å². The number of nitrogens with one attached hydrogen (secondary N) is 1. The SMILES string of the molecule is COc1ccc(C(=O)CSc2nc3c(C(N)=O)cccc3[nH]2)cc1. The lowest BCUT2D eigenvalue weighted by Crippen LogP contribution is -2.11. The molecule has 0 aliphatic heterocycles. The van der Waals surface area contributed by atoms with Gasteiger partial charge in [0.2, 0.25) is 0 Å². The number of nitrogens with zero attached hydrogens (tertiary/aromatic N) is 1. The molecule has 0 bridgehead atoms. The Morgan fingerprint density at radius 3 is 2.62 bits per heavy atom. The predicted octanol–water partition coefficient (Wildman–Crippen LogP) is 2.65. The first-order valence-electron chi connectivity index (χ1n) is 7.17. The number of nitrogens with two attached hydrogens (primary N) is 1. The minimum absolute atomic E-state index is 0.0155. The number of para-hydroxylation sites is 1. The van der Waals surface area contributed by atoms with Gasteiger partial charge in [-0.3, -0.25) is 9.59 Å². The second kappa shape index (κ2) is 6.76. The summed E-state index contributed by atoms with van der Waals surface area (Å²) in [6, 6.07) is 12.1. The Morgan fingerprint density at radius 2 is 1.96 bits per heavy atom. The third-order valence-electron chi connectivity index (χ3n) is 3.51. The number of hydrogen-bond donors (Lipinski definition) is 2. The molecule has 0 unspecified atom stereocenters. The number of H-pyrrole nitrogens is 1. The van der Waals surface area contributed by atoms with Crippen LogP contribution in [0.15, 0.2) is 47.6 Å². The molecule has 1 aromatic heterocycles. The maximum Gasteiger partial charge on any atom is 0.250 e. The number of ether oxygens (including phenoxy) is 1. The van der Waals surface area contributed by atoms with Crippen LogP contribution in [0.5, 0.6) is 5.75 Å². The van der Waals surface area contributed by atoms with Crippen LogP contribution in [0.1, 0.15) is 20.7 Å². The van der Waals surface area contributed by atoms with E-state index < -0.39 is 5.91 Å². The van der Waals surface area contributed by atoms with Gasteiger partial charge in [-0.05, 0) is 36.4 Å². The van der Waals surface area contributed by atoms with Crippen molar-refractivity contribution in [2.45, 2.75) is 5.16 Å². The van der Waals surface area contributed by atoms with Gasteiger partial charge in [0.05, 0.1) is 23.9 Å². The number of carbonyl (C=O) groups excluding carboxylic acids is 2. The second-order valence-corrected chi connectivity index (χ2v) is 6.01. The third-order valence-corrected chi connectivity index (χ3v) is 4.38. The van der Waals surface area contributed by atoms with E-state index in [1.54, 1.807) is 43.5 Å². The molecule has 7 heteroatoms.